The maximum absolute atomic E-state index is 13.2. The van der Waals surface area contributed by atoms with Crippen molar-refractivity contribution in [3.63, 3.8) is 0 Å². The summed E-state index contributed by atoms with van der Waals surface area (Å²) in [5, 5.41) is 11.3. The Hall–Kier alpha value is -2.88. The number of rotatable bonds is 5. The van der Waals surface area contributed by atoms with E-state index in [1.54, 1.807) is 33.3 Å². The van der Waals surface area contributed by atoms with Crippen molar-refractivity contribution >= 4 is 28.3 Å². The molecule has 0 saturated carbocycles. The van der Waals surface area contributed by atoms with E-state index in [0.29, 0.717) is 17.7 Å². The number of nitrogens with one attached hydrogen (secondary N) is 3. The van der Waals surface area contributed by atoms with E-state index >= 15 is 0 Å². The molecule has 3 N–H and O–H groups in total. The summed E-state index contributed by atoms with van der Waals surface area (Å²) in [5.41, 5.74) is 3.98. The minimum absolute atomic E-state index is 0.0656. The van der Waals surface area contributed by atoms with Crippen molar-refractivity contribution < 1.29 is 18.0 Å². The highest BCUT2D eigenvalue weighted by Crippen LogP contribution is 2.36. The fourth-order valence-corrected chi connectivity index (χ4v) is 2.91. The summed E-state index contributed by atoms with van der Waals surface area (Å²) in [4.78, 5) is 9.92. The predicted molar refractivity (Wildman–Crippen MR) is 106 cm³/mol. The average molecular weight is 429 g/mol. The molecule has 0 amide bonds. The number of nitrogens with zero attached hydrogens (tertiary/aromatic N) is 3. The first kappa shape index (κ1) is 20.8. The summed E-state index contributed by atoms with van der Waals surface area (Å²) in [6.45, 7) is 4.04. The maximum atomic E-state index is 13.2. The molecule has 2 aliphatic rings. The summed E-state index contributed by atoms with van der Waals surface area (Å²) in [5.74, 6) is 0.798. The number of alkyl halides is 3. The summed E-state index contributed by atoms with van der Waals surface area (Å²) in [6, 6.07) is 3.40. The third-order valence-corrected chi connectivity index (χ3v) is 4.44. The van der Waals surface area contributed by atoms with Gasteiger partial charge < -0.3 is 15.5 Å². The summed E-state index contributed by atoms with van der Waals surface area (Å²) >= 11 is 5.77. The highest BCUT2D eigenvalue weighted by molar-refractivity contribution is 6.64. The number of halogens is 4. The predicted octanol–water partition coefficient (Wildman–Crippen LogP) is 3.23. The van der Waals surface area contributed by atoms with E-state index < -0.39 is 11.7 Å². The zero-order valence-corrected chi connectivity index (χ0v) is 16.7. The van der Waals surface area contributed by atoms with Gasteiger partial charge in [-0.1, -0.05) is 6.07 Å². The Morgan fingerprint density at radius 2 is 2.14 bits per heavy atom. The Labute approximate surface area is 170 Å². The van der Waals surface area contributed by atoms with Crippen molar-refractivity contribution in [2.45, 2.75) is 26.2 Å². The van der Waals surface area contributed by atoms with Gasteiger partial charge in [0.25, 0.3) is 0 Å². The van der Waals surface area contributed by atoms with Crippen LogP contribution in [0.25, 0.3) is 5.57 Å². The zero-order chi connectivity index (χ0) is 21.2. The van der Waals surface area contributed by atoms with Crippen LogP contribution in [0.1, 0.15) is 25.0 Å². The van der Waals surface area contributed by atoms with Crippen molar-refractivity contribution in [2.75, 3.05) is 13.6 Å². The second-order valence-electron chi connectivity index (χ2n) is 6.55. The van der Waals surface area contributed by atoms with Crippen molar-refractivity contribution in [3.8, 4) is 5.75 Å². The van der Waals surface area contributed by atoms with Gasteiger partial charge in [0.15, 0.2) is 5.75 Å². The molecule has 3 rings (SSSR count). The molecule has 0 fully saturated rings. The second-order valence-corrected chi connectivity index (χ2v) is 6.91. The molecule has 0 bridgehead atoms. The Morgan fingerprint density at radius 3 is 2.72 bits per heavy atom. The Kier molecular flexibility index (Phi) is 5.92. The molecule has 1 aromatic carbocycles. The number of benzene rings is 1. The largest absolute Gasteiger partial charge is 0.416 e. The van der Waals surface area contributed by atoms with Crippen LogP contribution in [0.5, 0.6) is 5.75 Å². The van der Waals surface area contributed by atoms with E-state index in [1.165, 1.54) is 11.1 Å². The van der Waals surface area contributed by atoms with Crippen molar-refractivity contribution in [1.29, 1.82) is 0 Å². The lowest BCUT2D eigenvalue weighted by molar-refractivity contribution is -0.137. The summed E-state index contributed by atoms with van der Waals surface area (Å²) < 4.78 is 39.6. The first-order valence-corrected chi connectivity index (χ1v) is 9.04. The van der Waals surface area contributed by atoms with Gasteiger partial charge in [0, 0.05) is 37.1 Å². The SMILES string of the molecule is CC1=NC=C(c2ccc(C(F)(F)F)cc2ON(C)/C=C(/C)C2NN=C(Cl)N2)CN1. The number of amidine groups is 2. The van der Waals surface area contributed by atoms with E-state index in [4.69, 9.17) is 16.4 Å². The van der Waals surface area contributed by atoms with Gasteiger partial charge in [0.1, 0.15) is 6.17 Å². The first-order chi connectivity index (χ1) is 13.6. The van der Waals surface area contributed by atoms with Gasteiger partial charge >= 0.3 is 6.18 Å². The summed E-state index contributed by atoms with van der Waals surface area (Å²) in [7, 11) is 1.58. The van der Waals surface area contributed by atoms with Gasteiger partial charge in [0.05, 0.1) is 11.4 Å². The number of hydroxylamine groups is 2. The zero-order valence-electron chi connectivity index (χ0n) is 15.9. The lowest BCUT2D eigenvalue weighted by atomic mass is 10.0. The molecule has 29 heavy (non-hydrogen) atoms. The van der Waals surface area contributed by atoms with Gasteiger partial charge in [-0.15, -0.1) is 5.10 Å². The molecule has 0 aromatic heterocycles. The molecule has 1 unspecified atom stereocenters. The van der Waals surface area contributed by atoms with Gasteiger partial charge in [-0.3, -0.25) is 5.43 Å². The highest BCUT2D eigenvalue weighted by Gasteiger charge is 2.32. The van der Waals surface area contributed by atoms with Crippen LogP contribution in [0, 0.1) is 0 Å². The van der Waals surface area contributed by atoms with Gasteiger partial charge in [-0.25, -0.2) is 10.1 Å². The molecule has 0 aliphatic carbocycles. The topological polar surface area (TPSA) is 73.3 Å². The lowest BCUT2D eigenvalue weighted by Crippen LogP contribution is -2.35. The standard InChI is InChI=1S/C18H20ClF3N6O/c1-10(16-25-17(19)27-26-16)9-28(3)29-15-6-13(18(20,21)22)4-5-14(15)12-7-23-11(2)24-8-12/h4-7,9,16,26H,8H2,1-3H3,(H,23,24)(H,25,27)/b10-9-. The van der Waals surface area contributed by atoms with E-state index in [-0.39, 0.29) is 17.2 Å². The van der Waals surface area contributed by atoms with Gasteiger partial charge in [0.2, 0.25) is 5.29 Å². The van der Waals surface area contributed by atoms with Crippen LogP contribution < -0.4 is 20.9 Å². The first-order valence-electron chi connectivity index (χ1n) is 8.67. The number of hydrogen-bond acceptors (Lipinski definition) is 7. The third-order valence-electron chi connectivity index (χ3n) is 4.24. The van der Waals surface area contributed by atoms with Crippen molar-refractivity contribution in [1.82, 2.24) is 21.1 Å². The minimum atomic E-state index is -4.49. The average Bonchev–Trinajstić information content (AvgIpc) is 3.08. The molecule has 2 aliphatic heterocycles. The molecule has 0 saturated heterocycles. The smallest absolute Gasteiger partial charge is 0.380 e. The quantitative estimate of drug-likeness (QED) is 0.496. The minimum Gasteiger partial charge on any atom is -0.380 e. The van der Waals surface area contributed by atoms with E-state index in [9.17, 15) is 13.2 Å². The molecule has 7 nitrogen and oxygen atoms in total. The molecule has 0 radical (unpaired) electrons. The molecule has 11 heteroatoms. The van der Waals surface area contributed by atoms with Crippen molar-refractivity contribution in [2.24, 2.45) is 10.1 Å². The Balaban J connectivity index is 1.87. The van der Waals surface area contributed by atoms with Gasteiger partial charge in [-0.05, 0) is 43.2 Å². The Bertz CT molecular complexity index is 909. The van der Waals surface area contributed by atoms with E-state index in [1.807, 2.05) is 0 Å². The molecule has 156 valence electrons. The van der Waals surface area contributed by atoms with Crippen LogP contribution >= 0.6 is 11.6 Å². The monoisotopic (exact) mass is 428 g/mol. The lowest BCUT2D eigenvalue weighted by Gasteiger charge is -2.23. The molecule has 1 aromatic rings. The number of hydrazone groups is 1. The third kappa shape index (κ3) is 5.14. The van der Waals surface area contributed by atoms with Crippen LogP contribution in [0.2, 0.25) is 0 Å². The molecule has 1 atom stereocenters. The maximum Gasteiger partial charge on any atom is 0.416 e. The Morgan fingerprint density at radius 1 is 1.38 bits per heavy atom. The highest BCUT2D eigenvalue weighted by atomic mass is 35.5. The van der Waals surface area contributed by atoms with Crippen molar-refractivity contribution in [3.05, 3.63) is 47.3 Å². The van der Waals surface area contributed by atoms with E-state index in [0.717, 1.165) is 23.5 Å². The van der Waals surface area contributed by atoms with Crippen LogP contribution in [0.15, 0.2) is 46.3 Å². The molecule has 0 spiro atoms. The normalized spacial score (nSPS) is 19.3. The summed E-state index contributed by atoms with van der Waals surface area (Å²) in [6.07, 6.45) is -1.58. The second kappa shape index (κ2) is 8.24. The van der Waals surface area contributed by atoms with Gasteiger partial charge in [-0.2, -0.15) is 13.2 Å². The van der Waals surface area contributed by atoms with E-state index in [2.05, 4.69) is 26.2 Å². The molecule has 2 heterocycles. The fraction of sp³-hybridized carbons (Fsp3) is 0.333. The van der Waals surface area contributed by atoms with Crippen LogP contribution in [-0.2, 0) is 6.18 Å². The fourth-order valence-electron chi connectivity index (χ4n) is 2.76. The van der Waals surface area contributed by atoms with Crippen LogP contribution in [0.3, 0.4) is 0 Å². The van der Waals surface area contributed by atoms with Crippen LogP contribution in [0.4, 0.5) is 13.2 Å². The molecular weight excluding hydrogens is 409 g/mol. The number of aliphatic imine (C=N–C) groups is 1. The molecular formula is C18H20ClF3N6O. The number of hydrogen-bond donors (Lipinski definition) is 3. The van der Waals surface area contributed by atoms with Crippen LogP contribution in [-0.4, -0.2) is 36.0 Å².